The maximum absolute atomic E-state index is 12.5. The van der Waals surface area contributed by atoms with E-state index in [4.69, 9.17) is 18.9 Å². The molecule has 1 aliphatic heterocycles. The first kappa shape index (κ1) is 22.1. The van der Waals surface area contributed by atoms with Gasteiger partial charge in [-0.15, -0.1) is 0 Å². The van der Waals surface area contributed by atoms with E-state index in [0.717, 1.165) is 11.1 Å². The van der Waals surface area contributed by atoms with Crippen molar-refractivity contribution in [3.05, 3.63) is 71.8 Å². The van der Waals surface area contributed by atoms with Gasteiger partial charge in [0, 0.05) is 12.8 Å². The van der Waals surface area contributed by atoms with Gasteiger partial charge in [0.25, 0.3) is 0 Å². The van der Waals surface area contributed by atoms with Crippen molar-refractivity contribution < 1.29 is 28.5 Å². The molecule has 1 spiro atoms. The van der Waals surface area contributed by atoms with Crippen molar-refractivity contribution in [2.75, 3.05) is 13.2 Å². The number of amides is 2. The molecule has 2 atom stereocenters. The van der Waals surface area contributed by atoms with Crippen molar-refractivity contribution >= 4 is 12.2 Å². The van der Waals surface area contributed by atoms with Crippen molar-refractivity contribution in [2.45, 2.75) is 50.3 Å². The smallest absolute Gasteiger partial charge is 0.407 e. The largest absolute Gasteiger partial charge is 0.445 e. The van der Waals surface area contributed by atoms with E-state index < -0.39 is 24.0 Å². The van der Waals surface area contributed by atoms with E-state index in [0.29, 0.717) is 32.5 Å². The van der Waals surface area contributed by atoms with Gasteiger partial charge in [0.1, 0.15) is 13.2 Å². The van der Waals surface area contributed by atoms with E-state index in [2.05, 4.69) is 10.6 Å². The molecule has 0 aromatic heterocycles. The Morgan fingerprint density at radius 1 is 0.812 bits per heavy atom. The molecular formula is C24H28N2O6. The van der Waals surface area contributed by atoms with Gasteiger partial charge in [0.05, 0.1) is 25.3 Å². The van der Waals surface area contributed by atoms with E-state index in [-0.39, 0.29) is 19.3 Å². The highest BCUT2D eigenvalue weighted by molar-refractivity contribution is 5.69. The molecule has 2 unspecified atom stereocenters. The number of rotatable bonds is 6. The zero-order valence-corrected chi connectivity index (χ0v) is 17.8. The second-order valence-corrected chi connectivity index (χ2v) is 7.98. The second-order valence-electron chi connectivity index (χ2n) is 7.98. The number of benzene rings is 2. The molecule has 2 amide bonds. The topological polar surface area (TPSA) is 95.1 Å². The minimum Gasteiger partial charge on any atom is -0.445 e. The van der Waals surface area contributed by atoms with E-state index in [1.807, 2.05) is 60.7 Å². The van der Waals surface area contributed by atoms with Crippen LogP contribution >= 0.6 is 0 Å². The minimum atomic E-state index is -0.733. The van der Waals surface area contributed by atoms with Crippen molar-refractivity contribution in [1.29, 1.82) is 0 Å². The van der Waals surface area contributed by atoms with Crippen LogP contribution in [0.3, 0.4) is 0 Å². The normalized spacial score (nSPS) is 21.6. The first-order chi connectivity index (χ1) is 15.6. The SMILES string of the molecule is O=C(NC1CCC2(CC1NC(=O)OCc1ccccc1)OCCO2)OCc1ccccc1. The summed E-state index contributed by atoms with van der Waals surface area (Å²) in [7, 11) is 0. The molecule has 2 aromatic carbocycles. The summed E-state index contributed by atoms with van der Waals surface area (Å²) in [5.41, 5.74) is 1.79. The third kappa shape index (κ3) is 5.99. The average Bonchev–Trinajstić information content (AvgIpc) is 3.27. The minimum absolute atomic E-state index is 0.161. The van der Waals surface area contributed by atoms with E-state index in [1.54, 1.807) is 0 Å². The summed E-state index contributed by atoms with van der Waals surface area (Å²) in [4.78, 5) is 24.9. The average molecular weight is 440 g/mol. The van der Waals surface area contributed by atoms with Crippen molar-refractivity contribution in [1.82, 2.24) is 10.6 Å². The van der Waals surface area contributed by atoms with Crippen LogP contribution in [0, 0.1) is 0 Å². The number of hydrogen-bond donors (Lipinski definition) is 2. The van der Waals surface area contributed by atoms with Gasteiger partial charge in [-0.1, -0.05) is 60.7 Å². The Bertz CT molecular complexity index is 886. The maximum atomic E-state index is 12.5. The lowest BCUT2D eigenvalue weighted by atomic mass is 9.85. The Morgan fingerprint density at radius 3 is 1.84 bits per heavy atom. The number of ether oxygens (including phenoxy) is 4. The molecule has 8 nitrogen and oxygen atoms in total. The molecule has 1 saturated heterocycles. The van der Waals surface area contributed by atoms with Crippen LogP contribution in [0.1, 0.15) is 30.4 Å². The summed E-state index contributed by atoms with van der Waals surface area (Å²) in [5.74, 6) is -0.733. The van der Waals surface area contributed by atoms with Crippen LogP contribution in [0.5, 0.6) is 0 Å². The highest BCUT2D eigenvalue weighted by Gasteiger charge is 2.46. The quantitative estimate of drug-likeness (QED) is 0.714. The number of carbonyl (C=O) groups excluding carboxylic acids is 2. The molecule has 2 fully saturated rings. The summed E-state index contributed by atoms with van der Waals surface area (Å²) in [6.45, 7) is 1.37. The first-order valence-electron chi connectivity index (χ1n) is 10.8. The molecule has 8 heteroatoms. The van der Waals surface area contributed by atoms with E-state index in [9.17, 15) is 9.59 Å². The molecule has 0 radical (unpaired) electrons. The summed E-state index contributed by atoms with van der Waals surface area (Å²) >= 11 is 0. The molecule has 2 N–H and O–H groups in total. The lowest BCUT2D eigenvalue weighted by Crippen LogP contribution is -2.58. The standard InChI is InChI=1S/C24H28N2O6/c27-22(29-16-18-7-3-1-4-8-18)25-20-11-12-24(31-13-14-32-24)15-21(20)26-23(28)30-17-19-9-5-2-6-10-19/h1-10,20-21H,11-17H2,(H,25,27)(H,26,28). The summed E-state index contributed by atoms with van der Waals surface area (Å²) in [5, 5.41) is 5.76. The summed E-state index contributed by atoms with van der Waals surface area (Å²) in [6, 6.07) is 18.1. The highest BCUT2D eigenvalue weighted by atomic mass is 16.7. The van der Waals surface area contributed by atoms with Gasteiger partial charge < -0.3 is 29.6 Å². The molecular weight excluding hydrogens is 412 g/mol. The summed E-state index contributed by atoms with van der Waals surface area (Å²) in [6.07, 6.45) is 0.514. The van der Waals surface area contributed by atoms with Gasteiger partial charge in [-0.2, -0.15) is 0 Å². The Kier molecular flexibility index (Phi) is 7.24. The van der Waals surface area contributed by atoms with E-state index in [1.165, 1.54) is 0 Å². The first-order valence-corrected chi connectivity index (χ1v) is 10.8. The molecule has 170 valence electrons. The van der Waals surface area contributed by atoms with Crippen LogP contribution in [-0.2, 0) is 32.2 Å². The fourth-order valence-electron chi connectivity index (χ4n) is 4.07. The fourth-order valence-corrected chi connectivity index (χ4v) is 4.07. The van der Waals surface area contributed by atoms with Crippen LogP contribution in [0.2, 0.25) is 0 Å². The van der Waals surface area contributed by atoms with Crippen LogP contribution in [0.15, 0.2) is 60.7 Å². The second kappa shape index (κ2) is 10.5. The lowest BCUT2D eigenvalue weighted by molar-refractivity contribution is -0.184. The number of alkyl carbamates (subject to hydrolysis) is 2. The lowest BCUT2D eigenvalue weighted by Gasteiger charge is -2.41. The van der Waals surface area contributed by atoms with Gasteiger partial charge in [0.2, 0.25) is 0 Å². The summed E-state index contributed by atoms with van der Waals surface area (Å²) < 4.78 is 22.4. The van der Waals surface area contributed by atoms with Gasteiger partial charge in [-0.25, -0.2) is 9.59 Å². The number of nitrogens with one attached hydrogen (secondary N) is 2. The zero-order valence-electron chi connectivity index (χ0n) is 17.8. The Hall–Kier alpha value is -3.10. The Balaban J connectivity index is 1.33. The Morgan fingerprint density at radius 2 is 1.31 bits per heavy atom. The van der Waals surface area contributed by atoms with Crippen molar-refractivity contribution in [2.24, 2.45) is 0 Å². The Labute approximate surface area is 187 Å². The van der Waals surface area contributed by atoms with Crippen LogP contribution in [-0.4, -0.2) is 43.3 Å². The van der Waals surface area contributed by atoms with Gasteiger partial charge in [-0.05, 0) is 17.5 Å². The van der Waals surface area contributed by atoms with Crippen molar-refractivity contribution in [3.8, 4) is 0 Å². The molecule has 4 rings (SSSR count). The van der Waals surface area contributed by atoms with Crippen LogP contribution in [0.4, 0.5) is 9.59 Å². The molecule has 1 aliphatic carbocycles. The molecule has 32 heavy (non-hydrogen) atoms. The van der Waals surface area contributed by atoms with Gasteiger partial charge >= 0.3 is 12.2 Å². The molecule has 0 bridgehead atoms. The van der Waals surface area contributed by atoms with Gasteiger partial charge in [0.15, 0.2) is 5.79 Å². The third-order valence-corrected chi connectivity index (χ3v) is 5.70. The van der Waals surface area contributed by atoms with Gasteiger partial charge in [-0.3, -0.25) is 0 Å². The predicted octanol–water partition coefficient (Wildman–Crippen LogP) is 3.50. The maximum Gasteiger partial charge on any atom is 0.407 e. The monoisotopic (exact) mass is 440 g/mol. The van der Waals surface area contributed by atoms with Crippen molar-refractivity contribution in [3.63, 3.8) is 0 Å². The zero-order chi connectivity index (χ0) is 22.2. The molecule has 1 heterocycles. The predicted molar refractivity (Wildman–Crippen MR) is 116 cm³/mol. The van der Waals surface area contributed by atoms with Crippen LogP contribution < -0.4 is 10.6 Å². The fraction of sp³-hybridized carbons (Fsp3) is 0.417. The van der Waals surface area contributed by atoms with Crippen LogP contribution in [0.25, 0.3) is 0 Å². The van der Waals surface area contributed by atoms with E-state index >= 15 is 0 Å². The molecule has 1 saturated carbocycles. The molecule has 2 aliphatic rings. The molecule has 2 aromatic rings. The number of hydrogen-bond acceptors (Lipinski definition) is 6. The third-order valence-electron chi connectivity index (χ3n) is 5.70. The number of carbonyl (C=O) groups is 2. The highest BCUT2D eigenvalue weighted by Crippen LogP contribution is 2.36.